The molecular formula is C16H17N3O3S. The van der Waals surface area contributed by atoms with Crippen molar-refractivity contribution in [3.05, 3.63) is 41.4 Å². The van der Waals surface area contributed by atoms with Gasteiger partial charge in [-0.3, -0.25) is 9.63 Å². The number of para-hydroxylation sites is 1. The Morgan fingerprint density at radius 1 is 1.35 bits per heavy atom. The molecule has 0 atom stereocenters. The fourth-order valence-electron chi connectivity index (χ4n) is 2.45. The molecule has 6 nitrogen and oxygen atoms in total. The zero-order chi connectivity index (χ0) is 16.2. The van der Waals surface area contributed by atoms with Gasteiger partial charge in [-0.25, -0.2) is 10.5 Å². The lowest BCUT2D eigenvalue weighted by molar-refractivity contribution is 0.0533. The highest BCUT2D eigenvalue weighted by atomic mass is 32.1. The molecule has 0 fully saturated rings. The van der Waals surface area contributed by atoms with Crippen LogP contribution in [0.4, 0.5) is 0 Å². The number of aromatic nitrogens is 2. The number of carbonyl (C=O) groups is 1. The monoisotopic (exact) mass is 331 g/mol. The van der Waals surface area contributed by atoms with E-state index in [1.807, 2.05) is 12.1 Å². The van der Waals surface area contributed by atoms with Gasteiger partial charge in [-0.1, -0.05) is 18.2 Å². The van der Waals surface area contributed by atoms with E-state index in [0.717, 1.165) is 28.1 Å². The molecule has 0 bridgehead atoms. The van der Waals surface area contributed by atoms with Crippen molar-refractivity contribution in [1.82, 2.24) is 15.0 Å². The Labute approximate surface area is 137 Å². The van der Waals surface area contributed by atoms with Gasteiger partial charge in [-0.05, 0) is 12.1 Å². The molecular weight excluding hydrogens is 314 g/mol. The lowest BCUT2D eigenvalue weighted by Gasteiger charge is -2.08. The van der Waals surface area contributed by atoms with Crippen molar-refractivity contribution in [2.24, 2.45) is 0 Å². The van der Waals surface area contributed by atoms with Crippen LogP contribution in [0.25, 0.3) is 21.6 Å². The van der Waals surface area contributed by atoms with E-state index in [0.29, 0.717) is 12.3 Å². The van der Waals surface area contributed by atoms with Gasteiger partial charge < -0.3 is 9.30 Å². The number of amides is 1. The molecule has 3 rings (SSSR count). The minimum atomic E-state index is -0.352. The first-order valence-electron chi connectivity index (χ1n) is 7.11. The smallest absolute Gasteiger partial charge is 0.294 e. The molecule has 2 heterocycles. The maximum absolute atomic E-state index is 11.8. The molecule has 0 saturated heterocycles. The summed E-state index contributed by atoms with van der Waals surface area (Å²) in [6.45, 7) is 1.33. The second-order valence-corrected chi connectivity index (χ2v) is 5.76. The van der Waals surface area contributed by atoms with E-state index >= 15 is 0 Å². The standard InChI is InChI=1S/C16H17N3O3S/c1-21-8-7-19-13-6-4-3-5-11(13)9-14(19)16-17-12(10-23-16)15(20)18-22-2/h3-6,9-10H,7-8H2,1-2H3,(H,18,20). The molecule has 7 heteroatoms. The molecule has 0 aliphatic rings. The second kappa shape index (κ2) is 6.91. The normalized spacial score (nSPS) is 11.0. The second-order valence-electron chi connectivity index (χ2n) is 4.91. The molecule has 120 valence electrons. The molecule has 0 saturated carbocycles. The van der Waals surface area contributed by atoms with E-state index in [2.05, 4.69) is 38.1 Å². The Kier molecular flexibility index (Phi) is 4.71. The molecule has 23 heavy (non-hydrogen) atoms. The Bertz CT molecular complexity index is 825. The topological polar surface area (TPSA) is 65.4 Å². The summed E-state index contributed by atoms with van der Waals surface area (Å²) in [5.41, 5.74) is 4.72. The van der Waals surface area contributed by atoms with Crippen LogP contribution in [-0.2, 0) is 16.1 Å². The first-order chi connectivity index (χ1) is 11.2. The molecule has 3 aromatic rings. The van der Waals surface area contributed by atoms with Crippen LogP contribution in [0, 0.1) is 0 Å². The number of ether oxygens (including phenoxy) is 1. The number of nitrogens with zero attached hydrogens (tertiary/aromatic N) is 2. The van der Waals surface area contributed by atoms with Crippen LogP contribution >= 0.6 is 11.3 Å². The molecule has 1 aromatic carbocycles. The van der Waals surface area contributed by atoms with Gasteiger partial charge in [0.25, 0.3) is 5.91 Å². The summed E-state index contributed by atoms with van der Waals surface area (Å²) in [4.78, 5) is 20.9. The number of thiazole rings is 1. The van der Waals surface area contributed by atoms with Crippen molar-refractivity contribution in [2.75, 3.05) is 20.8 Å². The number of methoxy groups -OCH3 is 1. The highest BCUT2D eigenvalue weighted by molar-refractivity contribution is 7.13. The van der Waals surface area contributed by atoms with Gasteiger partial charge in [0.2, 0.25) is 0 Å². The minimum absolute atomic E-state index is 0.343. The van der Waals surface area contributed by atoms with Crippen LogP contribution in [0.3, 0.4) is 0 Å². The third kappa shape index (κ3) is 3.12. The number of fused-ring (bicyclic) bond motifs is 1. The van der Waals surface area contributed by atoms with Gasteiger partial charge >= 0.3 is 0 Å². The highest BCUT2D eigenvalue weighted by Gasteiger charge is 2.16. The van der Waals surface area contributed by atoms with Crippen molar-refractivity contribution in [3.63, 3.8) is 0 Å². The summed E-state index contributed by atoms with van der Waals surface area (Å²) in [6, 6.07) is 10.2. The SMILES string of the molecule is COCCn1c(-c2nc(C(=O)NOC)cs2)cc2ccccc21. The van der Waals surface area contributed by atoms with Crippen LogP contribution in [0.1, 0.15) is 10.5 Å². The van der Waals surface area contributed by atoms with E-state index in [1.165, 1.54) is 18.4 Å². The fraction of sp³-hybridized carbons (Fsp3) is 0.250. The molecule has 0 radical (unpaired) electrons. The summed E-state index contributed by atoms with van der Waals surface area (Å²) in [7, 11) is 3.08. The summed E-state index contributed by atoms with van der Waals surface area (Å²) in [5, 5.41) is 3.65. The quantitative estimate of drug-likeness (QED) is 0.705. The largest absolute Gasteiger partial charge is 0.383 e. The van der Waals surface area contributed by atoms with Gasteiger partial charge in [-0.2, -0.15) is 0 Å². The molecule has 1 amide bonds. The third-order valence-corrected chi connectivity index (χ3v) is 4.35. The zero-order valence-electron chi connectivity index (χ0n) is 12.9. The molecule has 0 aliphatic carbocycles. The highest BCUT2D eigenvalue weighted by Crippen LogP contribution is 2.30. The van der Waals surface area contributed by atoms with Crippen molar-refractivity contribution in [3.8, 4) is 10.7 Å². The number of rotatable bonds is 6. The van der Waals surface area contributed by atoms with Crippen molar-refractivity contribution < 1.29 is 14.4 Å². The molecule has 0 aliphatic heterocycles. The van der Waals surface area contributed by atoms with Gasteiger partial charge in [0.1, 0.15) is 10.7 Å². The van der Waals surface area contributed by atoms with E-state index < -0.39 is 0 Å². The summed E-state index contributed by atoms with van der Waals surface area (Å²) in [6.07, 6.45) is 0. The molecule has 2 aromatic heterocycles. The number of hydrogen-bond acceptors (Lipinski definition) is 5. The Hall–Kier alpha value is -2.22. The Morgan fingerprint density at radius 2 is 2.17 bits per heavy atom. The first kappa shape index (κ1) is 15.7. The van der Waals surface area contributed by atoms with Gasteiger partial charge in [0.15, 0.2) is 0 Å². The first-order valence-corrected chi connectivity index (χ1v) is 7.99. The average Bonchev–Trinajstić information content (AvgIpc) is 3.18. The average molecular weight is 331 g/mol. The number of hydrogen-bond donors (Lipinski definition) is 1. The zero-order valence-corrected chi connectivity index (χ0v) is 13.7. The number of nitrogens with one attached hydrogen (secondary N) is 1. The lowest BCUT2D eigenvalue weighted by Crippen LogP contribution is -2.22. The summed E-state index contributed by atoms with van der Waals surface area (Å²) < 4.78 is 7.37. The van der Waals surface area contributed by atoms with Crippen molar-refractivity contribution >= 4 is 28.1 Å². The van der Waals surface area contributed by atoms with Crippen LogP contribution in [0.5, 0.6) is 0 Å². The molecule has 1 N–H and O–H groups in total. The molecule has 0 spiro atoms. The lowest BCUT2D eigenvalue weighted by atomic mass is 10.2. The maximum Gasteiger partial charge on any atom is 0.294 e. The van der Waals surface area contributed by atoms with Crippen LogP contribution in [0.15, 0.2) is 35.7 Å². The van der Waals surface area contributed by atoms with E-state index in [9.17, 15) is 4.79 Å². The minimum Gasteiger partial charge on any atom is -0.383 e. The van der Waals surface area contributed by atoms with E-state index in [1.54, 1.807) is 12.5 Å². The van der Waals surface area contributed by atoms with Gasteiger partial charge in [-0.15, -0.1) is 11.3 Å². The summed E-state index contributed by atoms with van der Waals surface area (Å²) in [5.74, 6) is -0.352. The van der Waals surface area contributed by atoms with Crippen molar-refractivity contribution in [2.45, 2.75) is 6.54 Å². The van der Waals surface area contributed by atoms with Crippen LogP contribution in [0.2, 0.25) is 0 Å². The number of carbonyl (C=O) groups excluding carboxylic acids is 1. The predicted octanol–water partition coefficient (Wildman–Crippen LogP) is 2.70. The number of benzene rings is 1. The van der Waals surface area contributed by atoms with Gasteiger partial charge in [0.05, 0.1) is 19.4 Å². The van der Waals surface area contributed by atoms with E-state index in [-0.39, 0.29) is 5.91 Å². The molecule has 0 unspecified atom stereocenters. The van der Waals surface area contributed by atoms with Gasteiger partial charge in [0, 0.05) is 29.9 Å². The predicted molar refractivity (Wildman–Crippen MR) is 89.4 cm³/mol. The maximum atomic E-state index is 11.8. The number of hydroxylamine groups is 1. The summed E-state index contributed by atoms with van der Waals surface area (Å²) >= 11 is 1.43. The Morgan fingerprint density at radius 3 is 2.96 bits per heavy atom. The fourth-order valence-corrected chi connectivity index (χ4v) is 3.28. The Balaban J connectivity index is 2.03. The van der Waals surface area contributed by atoms with Crippen LogP contribution in [-0.4, -0.2) is 36.3 Å². The van der Waals surface area contributed by atoms with Crippen molar-refractivity contribution in [1.29, 1.82) is 0 Å². The van der Waals surface area contributed by atoms with Crippen LogP contribution < -0.4 is 5.48 Å². The van der Waals surface area contributed by atoms with E-state index in [4.69, 9.17) is 4.74 Å². The third-order valence-electron chi connectivity index (χ3n) is 3.48.